The highest BCUT2D eigenvalue weighted by atomic mass is 16.1. The van der Waals surface area contributed by atoms with Crippen molar-refractivity contribution >= 4 is 5.91 Å². The summed E-state index contributed by atoms with van der Waals surface area (Å²) in [4.78, 5) is 11.2. The molecule has 0 aromatic heterocycles. The van der Waals surface area contributed by atoms with E-state index in [1.54, 1.807) is 6.07 Å². The molecule has 3 heteroatoms. The molecule has 0 aliphatic rings. The summed E-state index contributed by atoms with van der Waals surface area (Å²) in [5, 5.41) is 3.52. The number of nitrogens with one attached hydrogen (secondary N) is 1. The number of nitrogens with two attached hydrogens (primary N) is 1. The Bertz CT molecular complexity index is 649. The van der Waals surface area contributed by atoms with Crippen molar-refractivity contribution in [1.82, 2.24) is 5.32 Å². The van der Waals surface area contributed by atoms with Gasteiger partial charge in [-0.05, 0) is 49.6 Å². The van der Waals surface area contributed by atoms with Gasteiger partial charge in [0.25, 0.3) is 0 Å². The maximum atomic E-state index is 11.2. The molecule has 0 radical (unpaired) electrons. The first-order chi connectivity index (χ1) is 9.97. The molecule has 0 fully saturated rings. The fraction of sp³-hybridized carbons (Fsp3) is 0.278. The molecule has 0 saturated heterocycles. The molecule has 3 N–H and O–H groups in total. The minimum atomic E-state index is -0.384. The lowest BCUT2D eigenvalue weighted by Gasteiger charge is -2.16. The molecule has 0 aliphatic heterocycles. The zero-order valence-electron chi connectivity index (χ0n) is 12.8. The molecule has 1 atom stereocenters. The monoisotopic (exact) mass is 282 g/mol. The van der Waals surface area contributed by atoms with Crippen LogP contribution in [-0.4, -0.2) is 5.91 Å². The standard InChI is InChI=1S/C18H22N2O/c1-12-5-4-6-15(9-12)14(3)20-11-17-8-7-16(18(19)21)10-13(17)2/h4-10,14,20H,11H2,1-3H3,(H2,19,21)/t14-/m1/s1. The molecule has 2 rings (SSSR count). The van der Waals surface area contributed by atoms with Crippen LogP contribution in [0.25, 0.3) is 0 Å². The normalized spacial score (nSPS) is 12.1. The summed E-state index contributed by atoms with van der Waals surface area (Å²) in [7, 11) is 0. The van der Waals surface area contributed by atoms with Gasteiger partial charge in [0.05, 0.1) is 0 Å². The number of benzene rings is 2. The lowest BCUT2D eigenvalue weighted by atomic mass is 10.0. The van der Waals surface area contributed by atoms with E-state index < -0.39 is 0 Å². The Hall–Kier alpha value is -2.13. The molecular formula is C18H22N2O. The third-order valence-electron chi connectivity index (χ3n) is 3.77. The van der Waals surface area contributed by atoms with Gasteiger partial charge in [-0.2, -0.15) is 0 Å². The molecule has 0 bridgehead atoms. The van der Waals surface area contributed by atoms with Gasteiger partial charge in [0.1, 0.15) is 0 Å². The second-order valence-electron chi connectivity index (χ2n) is 5.52. The minimum Gasteiger partial charge on any atom is -0.366 e. The van der Waals surface area contributed by atoms with Crippen LogP contribution in [-0.2, 0) is 6.54 Å². The Morgan fingerprint density at radius 2 is 1.95 bits per heavy atom. The summed E-state index contributed by atoms with van der Waals surface area (Å²) in [5.41, 5.74) is 10.7. The van der Waals surface area contributed by atoms with Crippen molar-refractivity contribution in [2.24, 2.45) is 5.73 Å². The molecule has 0 aliphatic carbocycles. The number of carbonyl (C=O) groups is 1. The van der Waals surface area contributed by atoms with E-state index in [1.165, 1.54) is 16.7 Å². The van der Waals surface area contributed by atoms with Crippen LogP contribution in [0.5, 0.6) is 0 Å². The van der Waals surface area contributed by atoms with Crippen molar-refractivity contribution in [2.45, 2.75) is 33.4 Å². The number of carbonyl (C=O) groups excluding carboxylic acids is 1. The maximum Gasteiger partial charge on any atom is 0.248 e. The fourth-order valence-corrected chi connectivity index (χ4v) is 2.37. The van der Waals surface area contributed by atoms with Gasteiger partial charge in [-0.15, -0.1) is 0 Å². The van der Waals surface area contributed by atoms with Crippen LogP contribution in [0.4, 0.5) is 0 Å². The van der Waals surface area contributed by atoms with E-state index in [0.29, 0.717) is 5.56 Å². The Morgan fingerprint density at radius 1 is 1.19 bits per heavy atom. The van der Waals surface area contributed by atoms with Crippen LogP contribution in [0.15, 0.2) is 42.5 Å². The van der Waals surface area contributed by atoms with E-state index in [-0.39, 0.29) is 11.9 Å². The van der Waals surface area contributed by atoms with E-state index in [0.717, 1.165) is 12.1 Å². The molecule has 2 aromatic carbocycles. The number of rotatable bonds is 5. The Balaban J connectivity index is 2.04. The summed E-state index contributed by atoms with van der Waals surface area (Å²) in [5.74, 6) is -0.384. The van der Waals surface area contributed by atoms with Crippen LogP contribution in [0.1, 0.15) is 45.6 Å². The topological polar surface area (TPSA) is 55.1 Å². The van der Waals surface area contributed by atoms with E-state index in [2.05, 4.69) is 43.4 Å². The molecule has 3 nitrogen and oxygen atoms in total. The van der Waals surface area contributed by atoms with E-state index in [9.17, 15) is 4.79 Å². The van der Waals surface area contributed by atoms with Crippen molar-refractivity contribution in [1.29, 1.82) is 0 Å². The van der Waals surface area contributed by atoms with Crippen LogP contribution in [0.2, 0.25) is 0 Å². The molecular weight excluding hydrogens is 260 g/mol. The molecule has 0 saturated carbocycles. The smallest absolute Gasteiger partial charge is 0.248 e. The van der Waals surface area contributed by atoms with E-state index in [1.807, 2.05) is 19.1 Å². The lowest BCUT2D eigenvalue weighted by Crippen LogP contribution is -2.19. The largest absolute Gasteiger partial charge is 0.366 e. The minimum absolute atomic E-state index is 0.278. The third kappa shape index (κ3) is 3.92. The van der Waals surface area contributed by atoms with E-state index in [4.69, 9.17) is 5.73 Å². The summed E-state index contributed by atoms with van der Waals surface area (Å²) in [6.07, 6.45) is 0. The first-order valence-electron chi connectivity index (χ1n) is 7.16. The quantitative estimate of drug-likeness (QED) is 0.884. The van der Waals surface area contributed by atoms with Crippen LogP contribution in [0.3, 0.4) is 0 Å². The first kappa shape index (κ1) is 15.3. The number of hydrogen-bond donors (Lipinski definition) is 2. The van der Waals surface area contributed by atoms with Gasteiger partial charge in [0.2, 0.25) is 5.91 Å². The highest BCUT2D eigenvalue weighted by Gasteiger charge is 2.07. The van der Waals surface area contributed by atoms with Gasteiger partial charge < -0.3 is 11.1 Å². The van der Waals surface area contributed by atoms with Gasteiger partial charge in [-0.1, -0.05) is 35.9 Å². The Morgan fingerprint density at radius 3 is 2.57 bits per heavy atom. The van der Waals surface area contributed by atoms with Gasteiger partial charge >= 0.3 is 0 Å². The molecule has 0 heterocycles. The van der Waals surface area contributed by atoms with Gasteiger partial charge in [0, 0.05) is 18.2 Å². The van der Waals surface area contributed by atoms with Gasteiger partial charge in [-0.25, -0.2) is 0 Å². The zero-order valence-corrected chi connectivity index (χ0v) is 12.8. The van der Waals surface area contributed by atoms with Gasteiger partial charge in [-0.3, -0.25) is 4.79 Å². The average Bonchev–Trinajstić information content (AvgIpc) is 2.45. The van der Waals surface area contributed by atoms with E-state index >= 15 is 0 Å². The highest BCUT2D eigenvalue weighted by Crippen LogP contribution is 2.16. The predicted molar refractivity (Wildman–Crippen MR) is 86.1 cm³/mol. The van der Waals surface area contributed by atoms with Crippen LogP contribution in [0, 0.1) is 13.8 Å². The zero-order chi connectivity index (χ0) is 15.4. The maximum absolute atomic E-state index is 11.2. The molecule has 21 heavy (non-hydrogen) atoms. The molecule has 2 aromatic rings. The van der Waals surface area contributed by atoms with Crippen molar-refractivity contribution < 1.29 is 4.79 Å². The van der Waals surface area contributed by atoms with Crippen molar-refractivity contribution in [3.8, 4) is 0 Å². The summed E-state index contributed by atoms with van der Waals surface area (Å²) in [6.45, 7) is 7.02. The van der Waals surface area contributed by atoms with Crippen molar-refractivity contribution in [3.63, 3.8) is 0 Å². The molecule has 110 valence electrons. The lowest BCUT2D eigenvalue weighted by molar-refractivity contribution is 0.1000. The highest BCUT2D eigenvalue weighted by molar-refractivity contribution is 5.93. The SMILES string of the molecule is Cc1cccc([C@@H](C)NCc2ccc(C(N)=O)cc2C)c1. The summed E-state index contributed by atoms with van der Waals surface area (Å²) < 4.78 is 0. The second-order valence-corrected chi connectivity index (χ2v) is 5.52. The second kappa shape index (κ2) is 6.55. The first-order valence-corrected chi connectivity index (χ1v) is 7.16. The van der Waals surface area contributed by atoms with Crippen LogP contribution >= 0.6 is 0 Å². The number of aryl methyl sites for hydroxylation is 2. The number of amides is 1. The molecule has 1 amide bonds. The predicted octanol–water partition coefficient (Wildman–Crippen LogP) is 3.25. The van der Waals surface area contributed by atoms with Gasteiger partial charge in [0.15, 0.2) is 0 Å². The third-order valence-corrected chi connectivity index (χ3v) is 3.77. The average molecular weight is 282 g/mol. The van der Waals surface area contributed by atoms with Crippen molar-refractivity contribution in [2.75, 3.05) is 0 Å². The Labute approximate surface area is 126 Å². The molecule has 0 unspecified atom stereocenters. The Kier molecular flexibility index (Phi) is 4.76. The molecule has 0 spiro atoms. The fourth-order valence-electron chi connectivity index (χ4n) is 2.37. The number of hydrogen-bond acceptors (Lipinski definition) is 2. The van der Waals surface area contributed by atoms with Crippen molar-refractivity contribution in [3.05, 3.63) is 70.3 Å². The van der Waals surface area contributed by atoms with Crippen LogP contribution < -0.4 is 11.1 Å². The summed E-state index contributed by atoms with van der Waals surface area (Å²) in [6, 6.07) is 14.4. The summed E-state index contributed by atoms with van der Waals surface area (Å²) >= 11 is 0. The number of primary amides is 1.